The van der Waals surface area contributed by atoms with Gasteiger partial charge in [-0.2, -0.15) is 0 Å². The van der Waals surface area contributed by atoms with E-state index in [9.17, 15) is 5.11 Å². The maximum absolute atomic E-state index is 9.18. The molecule has 4 heteroatoms. The first-order valence-corrected chi connectivity index (χ1v) is 3.98. The quantitative estimate of drug-likeness (QED) is 0.437. The molecule has 0 rings (SSSR count). The number of hydrogen-bond donors (Lipinski definition) is 4. The van der Waals surface area contributed by atoms with E-state index in [-0.39, 0.29) is 12.8 Å². The van der Waals surface area contributed by atoms with Gasteiger partial charge in [-0.15, -0.1) is 0 Å². The zero-order valence-corrected chi connectivity index (χ0v) is 7.22. The third-order valence-electron chi connectivity index (χ3n) is 1.57. The topological polar surface area (TPSA) is 80.9 Å². The van der Waals surface area contributed by atoms with Gasteiger partial charge in [0, 0.05) is 6.42 Å². The van der Waals surface area contributed by atoms with Crippen LogP contribution in [0, 0.1) is 6.92 Å². The molecular formula is C8H17O4. The first-order valence-electron chi connectivity index (χ1n) is 3.98. The van der Waals surface area contributed by atoms with Gasteiger partial charge in [0.05, 0.1) is 24.4 Å². The molecule has 0 aromatic rings. The summed E-state index contributed by atoms with van der Waals surface area (Å²) in [6, 6.07) is 0. The van der Waals surface area contributed by atoms with Crippen LogP contribution >= 0.6 is 0 Å². The maximum Gasteiger partial charge on any atom is 0.0823 e. The average molecular weight is 177 g/mol. The Hall–Kier alpha value is -0.160. The molecule has 0 amide bonds. The molecule has 12 heavy (non-hydrogen) atoms. The van der Waals surface area contributed by atoms with Crippen molar-refractivity contribution in [2.45, 2.75) is 44.2 Å². The predicted molar refractivity (Wildman–Crippen MR) is 44.3 cm³/mol. The van der Waals surface area contributed by atoms with E-state index in [1.807, 2.05) is 0 Å². The van der Waals surface area contributed by atoms with Crippen LogP contribution < -0.4 is 0 Å². The summed E-state index contributed by atoms with van der Waals surface area (Å²) in [6.07, 6.45) is -3.28. The number of aliphatic hydroxyl groups is 4. The highest BCUT2D eigenvalue weighted by atomic mass is 16.3. The minimum Gasteiger partial charge on any atom is -0.393 e. The maximum atomic E-state index is 9.18. The lowest BCUT2D eigenvalue weighted by Gasteiger charge is -2.18. The van der Waals surface area contributed by atoms with Gasteiger partial charge in [0.25, 0.3) is 0 Å². The Balaban J connectivity index is 3.61. The van der Waals surface area contributed by atoms with Crippen LogP contribution in [0.25, 0.3) is 0 Å². The van der Waals surface area contributed by atoms with Crippen molar-refractivity contribution in [3.05, 3.63) is 6.92 Å². The predicted octanol–water partition coefficient (Wildman–Crippen LogP) is -0.936. The van der Waals surface area contributed by atoms with Gasteiger partial charge in [0.1, 0.15) is 0 Å². The van der Waals surface area contributed by atoms with Gasteiger partial charge in [-0.05, 0) is 20.3 Å². The van der Waals surface area contributed by atoms with E-state index in [0.29, 0.717) is 0 Å². The Morgan fingerprint density at radius 2 is 1.58 bits per heavy atom. The van der Waals surface area contributed by atoms with Crippen molar-refractivity contribution in [2.24, 2.45) is 0 Å². The van der Waals surface area contributed by atoms with Gasteiger partial charge < -0.3 is 20.4 Å². The molecule has 4 nitrogen and oxygen atoms in total. The summed E-state index contributed by atoms with van der Waals surface area (Å²) in [5, 5.41) is 35.9. The zero-order valence-electron chi connectivity index (χ0n) is 7.22. The van der Waals surface area contributed by atoms with Crippen LogP contribution in [0.5, 0.6) is 0 Å². The molecule has 0 aromatic heterocycles. The lowest BCUT2D eigenvalue weighted by atomic mass is 10.0. The fraction of sp³-hybridized carbons (Fsp3) is 0.875. The summed E-state index contributed by atoms with van der Waals surface area (Å²) in [5.41, 5.74) is 0. The number of hydrogen-bond acceptors (Lipinski definition) is 4. The monoisotopic (exact) mass is 177 g/mol. The minimum absolute atomic E-state index is 0.0373. The van der Waals surface area contributed by atoms with Crippen molar-refractivity contribution in [1.82, 2.24) is 0 Å². The van der Waals surface area contributed by atoms with Gasteiger partial charge in [-0.25, -0.2) is 0 Å². The van der Waals surface area contributed by atoms with Gasteiger partial charge in [0.2, 0.25) is 0 Å². The van der Waals surface area contributed by atoms with E-state index in [1.54, 1.807) is 6.92 Å². The summed E-state index contributed by atoms with van der Waals surface area (Å²) < 4.78 is 0. The first kappa shape index (κ1) is 11.8. The van der Waals surface area contributed by atoms with E-state index < -0.39 is 24.4 Å². The van der Waals surface area contributed by atoms with Crippen molar-refractivity contribution in [3.8, 4) is 0 Å². The van der Waals surface area contributed by atoms with Gasteiger partial charge >= 0.3 is 0 Å². The van der Waals surface area contributed by atoms with Crippen molar-refractivity contribution in [3.63, 3.8) is 0 Å². The SMILES string of the molecule is [CH2]C(O)C(O)CC(O)CC(C)O. The van der Waals surface area contributed by atoms with E-state index >= 15 is 0 Å². The normalized spacial score (nSPS) is 21.5. The second-order valence-corrected chi connectivity index (χ2v) is 3.11. The van der Waals surface area contributed by atoms with E-state index in [1.165, 1.54) is 0 Å². The molecule has 0 heterocycles. The molecule has 0 fully saturated rings. The van der Waals surface area contributed by atoms with Crippen molar-refractivity contribution in [2.75, 3.05) is 0 Å². The van der Waals surface area contributed by atoms with Gasteiger partial charge in [-0.3, -0.25) is 0 Å². The second-order valence-electron chi connectivity index (χ2n) is 3.11. The van der Waals surface area contributed by atoms with Gasteiger partial charge in [-0.1, -0.05) is 0 Å². The summed E-state index contributed by atoms with van der Waals surface area (Å²) >= 11 is 0. The standard InChI is InChI=1S/C8H17O4/c1-5(9)3-7(11)4-8(12)6(2)10/h5-12H,2-4H2,1H3. The summed E-state index contributed by atoms with van der Waals surface area (Å²) in [7, 11) is 0. The first-order chi connectivity index (χ1) is 5.43. The van der Waals surface area contributed by atoms with Crippen LogP contribution in [0.4, 0.5) is 0 Å². The summed E-state index contributed by atoms with van der Waals surface area (Å²) in [5.74, 6) is 0. The van der Waals surface area contributed by atoms with Crippen LogP contribution in [0.15, 0.2) is 0 Å². The highest BCUT2D eigenvalue weighted by Gasteiger charge is 2.17. The molecule has 4 N–H and O–H groups in total. The van der Waals surface area contributed by atoms with Crippen LogP contribution in [0.2, 0.25) is 0 Å². The largest absolute Gasteiger partial charge is 0.393 e. The molecule has 0 saturated heterocycles. The molecule has 0 bridgehead atoms. The van der Waals surface area contributed by atoms with Crippen molar-refractivity contribution >= 4 is 0 Å². The smallest absolute Gasteiger partial charge is 0.0823 e. The molecule has 4 atom stereocenters. The molecule has 0 aromatic carbocycles. The molecule has 0 aliphatic carbocycles. The van der Waals surface area contributed by atoms with Gasteiger partial charge in [0.15, 0.2) is 0 Å². The molecule has 0 saturated carbocycles. The number of aliphatic hydroxyl groups excluding tert-OH is 4. The van der Waals surface area contributed by atoms with Crippen molar-refractivity contribution < 1.29 is 20.4 Å². The van der Waals surface area contributed by atoms with Crippen LogP contribution in [-0.4, -0.2) is 44.8 Å². The Kier molecular flexibility index (Phi) is 5.41. The third-order valence-corrected chi connectivity index (χ3v) is 1.57. The molecule has 0 aliphatic rings. The zero-order chi connectivity index (χ0) is 9.72. The Morgan fingerprint density at radius 3 is 1.92 bits per heavy atom. The van der Waals surface area contributed by atoms with E-state index in [2.05, 4.69) is 6.92 Å². The Labute approximate surface area is 72.5 Å². The molecule has 4 unspecified atom stereocenters. The second kappa shape index (κ2) is 5.48. The highest BCUT2D eigenvalue weighted by molar-refractivity contribution is 4.73. The van der Waals surface area contributed by atoms with Crippen LogP contribution in [0.1, 0.15) is 19.8 Å². The Morgan fingerprint density at radius 1 is 1.08 bits per heavy atom. The molecule has 0 aliphatic heterocycles. The molecule has 73 valence electrons. The summed E-state index contributed by atoms with van der Waals surface area (Å²) in [6.45, 7) is 4.75. The third kappa shape index (κ3) is 5.49. The van der Waals surface area contributed by atoms with Crippen LogP contribution in [0.3, 0.4) is 0 Å². The van der Waals surface area contributed by atoms with E-state index in [0.717, 1.165) is 0 Å². The van der Waals surface area contributed by atoms with E-state index in [4.69, 9.17) is 15.3 Å². The molecular weight excluding hydrogens is 160 g/mol. The lowest BCUT2D eigenvalue weighted by Crippen LogP contribution is -2.29. The lowest BCUT2D eigenvalue weighted by molar-refractivity contribution is -0.00352. The fourth-order valence-electron chi connectivity index (χ4n) is 0.926. The summed E-state index contributed by atoms with van der Waals surface area (Å²) in [4.78, 5) is 0. The van der Waals surface area contributed by atoms with Crippen molar-refractivity contribution in [1.29, 1.82) is 0 Å². The average Bonchev–Trinajstić information content (AvgIpc) is 1.84. The fourth-order valence-corrected chi connectivity index (χ4v) is 0.926. The van der Waals surface area contributed by atoms with Crippen LogP contribution in [-0.2, 0) is 0 Å². The molecule has 0 spiro atoms. The highest BCUT2D eigenvalue weighted by Crippen LogP contribution is 2.07. The molecule has 1 radical (unpaired) electrons. The minimum atomic E-state index is -1.09. The Bertz CT molecular complexity index is 114. The number of rotatable bonds is 5.